The van der Waals surface area contributed by atoms with E-state index in [0.29, 0.717) is 18.5 Å². The number of aromatic nitrogens is 1. The summed E-state index contributed by atoms with van der Waals surface area (Å²) in [5.74, 6) is -0.229. The minimum atomic E-state index is -3.98. The van der Waals surface area contributed by atoms with Crippen molar-refractivity contribution in [3.8, 4) is 0 Å². The maximum absolute atomic E-state index is 12.7. The summed E-state index contributed by atoms with van der Waals surface area (Å²) in [7, 11) is -2.29. The van der Waals surface area contributed by atoms with Gasteiger partial charge in [-0.05, 0) is 48.5 Å². The van der Waals surface area contributed by atoms with Crippen molar-refractivity contribution >= 4 is 44.8 Å². The highest BCUT2D eigenvalue weighted by atomic mass is 35.5. The lowest BCUT2D eigenvalue weighted by Crippen LogP contribution is -2.29. The molecule has 0 aliphatic carbocycles. The molecule has 0 bridgehead atoms. The number of nitrogens with zero attached hydrogens (tertiary/aromatic N) is 2. The third-order valence-corrected chi connectivity index (χ3v) is 6.42. The average molecular weight is 464 g/mol. The predicted octanol–water partition coefficient (Wildman–Crippen LogP) is 4.50. The fourth-order valence-corrected chi connectivity index (χ4v) is 4.57. The Balaban J connectivity index is 1.73. The summed E-state index contributed by atoms with van der Waals surface area (Å²) in [6.07, 6.45) is 2.32. The molecule has 156 valence electrons. The zero-order valence-electron chi connectivity index (χ0n) is 16.0. The summed E-state index contributed by atoms with van der Waals surface area (Å²) >= 11 is 11.9. The molecule has 0 aliphatic heterocycles. The van der Waals surface area contributed by atoms with Gasteiger partial charge < -0.3 is 4.90 Å². The topological polar surface area (TPSA) is 79.4 Å². The van der Waals surface area contributed by atoms with Gasteiger partial charge in [-0.3, -0.25) is 14.5 Å². The number of hydrogen-bond acceptors (Lipinski definition) is 4. The Morgan fingerprint density at radius 2 is 1.87 bits per heavy atom. The molecule has 0 atom stereocenters. The van der Waals surface area contributed by atoms with E-state index in [1.165, 1.54) is 24.3 Å². The van der Waals surface area contributed by atoms with Crippen molar-refractivity contribution in [1.29, 1.82) is 0 Å². The van der Waals surface area contributed by atoms with Gasteiger partial charge in [0.25, 0.3) is 15.9 Å². The lowest BCUT2D eigenvalue weighted by Gasteiger charge is -2.18. The summed E-state index contributed by atoms with van der Waals surface area (Å²) in [5.41, 5.74) is 1.49. The molecule has 0 saturated carbocycles. The smallest absolute Gasteiger partial charge is 0.263 e. The van der Waals surface area contributed by atoms with Crippen molar-refractivity contribution in [3.05, 3.63) is 88.2 Å². The second-order valence-corrected chi connectivity index (χ2v) is 9.05. The van der Waals surface area contributed by atoms with E-state index in [0.717, 1.165) is 5.69 Å². The first-order chi connectivity index (χ1) is 14.3. The molecule has 2 aromatic carbocycles. The molecule has 0 fully saturated rings. The van der Waals surface area contributed by atoms with Crippen LogP contribution in [0.2, 0.25) is 10.0 Å². The first-order valence-corrected chi connectivity index (χ1v) is 11.2. The Bertz CT molecular complexity index is 1160. The zero-order chi connectivity index (χ0) is 21.7. The Morgan fingerprint density at radius 3 is 2.60 bits per heavy atom. The summed E-state index contributed by atoms with van der Waals surface area (Å²) < 4.78 is 27.8. The van der Waals surface area contributed by atoms with E-state index in [9.17, 15) is 13.2 Å². The van der Waals surface area contributed by atoms with Gasteiger partial charge in [-0.2, -0.15) is 0 Å². The van der Waals surface area contributed by atoms with Gasteiger partial charge in [0, 0.05) is 48.2 Å². The minimum Gasteiger partial charge on any atom is -0.341 e. The molecule has 1 N–H and O–H groups in total. The van der Waals surface area contributed by atoms with Crippen LogP contribution in [0.3, 0.4) is 0 Å². The van der Waals surface area contributed by atoms with E-state index in [1.807, 2.05) is 18.2 Å². The minimum absolute atomic E-state index is 0.0494. The average Bonchev–Trinajstić information content (AvgIpc) is 2.73. The van der Waals surface area contributed by atoms with Crippen LogP contribution in [0.4, 0.5) is 5.69 Å². The third kappa shape index (κ3) is 5.50. The molecule has 30 heavy (non-hydrogen) atoms. The molecule has 0 spiro atoms. The highest BCUT2D eigenvalue weighted by Crippen LogP contribution is 2.27. The number of nitrogens with one attached hydrogen (secondary N) is 1. The number of pyridine rings is 1. The molecule has 0 radical (unpaired) electrons. The summed E-state index contributed by atoms with van der Waals surface area (Å²) in [4.78, 5) is 18.4. The van der Waals surface area contributed by atoms with Crippen LogP contribution in [0.5, 0.6) is 0 Å². The molecular formula is C21H19Cl2N3O3S. The standard InChI is InChI=1S/C21H19Cl2N3O3S/c1-26(12-10-17-6-2-3-11-24-17)21(27)15-5-4-7-18(13-15)25-30(28,29)20-14-16(22)8-9-19(20)23/h2-9,11,13-14,25H,10,12H2,1H3. The van der Waals surface area contributed by atoms with Crippen LogP contribution in [-0.2, 0) is 16.4 Å². The molecule has 3 aromatic rings. The first-order valence-electron chi connectivity index (χ1n) is 8.99. The number of sulfonamides is 1. The van der Waals surface area contributed by atoms with Crippen molar-refractivity contribution in [2.45, 2.75) is 11.3 Å². The second kappa shape index (κ2) is 9.47. The number of benzene rings is 2. The monoisotopic (exact) mass is 463 g/mol. The number of rotatable bonds is 7. The zero-order valence-corrected chi connectivity index (χ0v) is 18.4. The van der Waals surface area contributed by atoms with E-state index in [4.69, 9.17) is 23.2 Å². The van der Waals surface area contributed by atoms with Crippen molar-refractivity contribution in [3.63, 3.8) is 0 Å². The number of likely N-dealkylation sites (N-methyl/N-ethyl adjacent to an activating group) is 1. The fourth-order valence-electron chi connectivity index (χ4n) is 2.76. The third-order valence-electron chi connectivity index (χ3n) is 4.32. The van der Waals surface area contributed by atoms with Crippen LogP contribution in [-0.4, -0.2) is 37.8 Å². The molecule has 1 amide bonds. The number of halogens is 2. The van der Waals surface area contributed by atoms with Crippen molar-refractivity contribution in [2.75, 3.05) is 18.3 Å². The van der Waals surface area contributed by atoms with Crippen LogP contribution >= 0.6 is 23.2 Å². The second-order valence-electron chi connectivity index (χ2n) is 6.56. The van der Waals surface area contributed by atoms with Crippen molar-refractivity contribution < 1.29 is 13.2 Å². The van der Waals surface area contributed by atoms with Crippen LogP contribution < -0.4 is 4.72 Å². The first kappa shape index (κ1) is 22.1. The van der Waals surface area contributed by atoms with E-state index < -0.39 is 10.0 Å². The number of carbonyl (C=O) groups excluding carboxylic acids is 1. The van der Waals surface area contributed by atoms with Crippen LogP contribution in [0.15, 0.2) is 71.8 Å². The van der Waals surface area contributed by atoms with E-state index in [1.54, 1.807) is 36.3 Å². The highest BCUT2D eigenvalue weighted by Gasteiger charge is 2.20. The summed E-state index contributed by atoms with van der Waals surface area (Å²) in [6, 6.07) is 16.1. The largest absolute Gasteiger partial charge is 0.341 e. The fraction of sp³-hybridized carbons (Fsp3) is 0.143. The number of amides is 1. The summed E-state index contributed by atoms with van der Waals surface area (Å²) in [5, 5.41) is 0.298. The molecule has 9 heteroatoms. The Labute approximate surface area is 185 Å². The molecule has 1 aromatic heterocycles. The van der Waals surface area contributed by atoms with Crippen LogP contribution in [0.25, 0.3) is 0 Å². The van der Waals surface area contributed by atoms with Gasteiger partial charge >= 0.3 is 0 Å². The molecule has 0 saturated heterocycles. The Morgan fingerprint density at radius 1 is 1.07 bits per heavy atom. The quantitative estimate of drug-likeness (QED) is 0.558. The molecule has 3 rings (SSSR count). The van der Waals surface area contributed by atoms with Crippen LogP contribution in [0.1, 0.15) is 16.1 Å². The Kier molecular flexibility index (Phi) is 6.97. The normalized spacial score (nSPS) is 11.2. The SMILES string of the molecule is CN(CCc1ccccn1)C(=O)c1cccc(NS(=O)(=O)c2cc(Cl)ccc2Cl)c1. The van der Waals surface area contributed by atoms with Gasteiger partial charge in [-0.25, -0.2) is 8.42 Å². The maximum atomic E-state index is 12.7. The van der Waals surface area contributed by atoms with Gasteiger partial charge in [0.05, 0.1) is 5.02 Å². The molecular weight excluding hydrogens is 445 g/mol. The van der Waals surface area contributed by atoms with Crippen molar-refractivity contribution in [2.24, 2.45) is 0 Å². The van der Waals surface area contributed by atoms with E-state index >= 15 is 0 Å². The number of hydrogen-bond donors (Lipinski definition) is 1. The van der Waals surface area contributed by atoms with Crippen molar-refractivity contribution in [1.82, 2.24) is 9.88 Å². The lowest BCUT2D eigenvalue weighted by molar-refractivity contribution is 0.0796. The summed E-state index contributed by atoms with van der Waals surface area (Å²) in [6.45, 7) is 0.476. The molecule has 0 unspecified atom stereocenters. The number of carbonyl (C=O) groups is 1. The van der Waals surface area contributed by atoms with E-state index in [2.05, 4.69) is 9.71 Å². The molecule has 1 heterocycles. The molecule has 0 aliphatic rings. The predicted molar refractivity (Wildman–Crippen MR) is 119 cm³/mol. The lowest BCUT2D eigenvalue weighted by atomic mass is 10.1. The highest BCUT2D eigenvalue weighted by molar-refractivity contribution is 7.92. The maximum Gasteiger partial charge on any atom is 0.263 e. The van der Waals surface area contributed by atoms with Gasteiger partial charge in [-0.15, -0.1) is 0 Å². The van der Waals surface area contributed by atoms with Gasteiger partial charge in [-0.1, -0.05) is 35.3 Å². The van der Waals surface area contributed by atoms with E-state index in [-0.39, 0.29) is 26.5 Å². The number of anilines is 1. The van der Waals surface area contributed by atoms with Gasteiger partial charge in [0.2, 0.25) is 0 Å². The van der Waals surface area contributed by atoms with Gasteiger partial charge in [0.15, 0.2) is 0 Å². The Hall–Kier alpha value is -2.61. The van der Waals surface area contributed by atoms with Crippen LogP contribution in [0, 0.1) is 0 Å². The van der Waals surface area contributed by atoms with Gasteiger partial charge in [0.1, 0.15) is 4.90 Å². The molecule has 6 nitrogen and oxygen atoms in total.